The number of carbonyl (C=O) groups is 1. The summed E-state index contributed by atoms with van der Waals surface area (Å²) in [7, 11) is 0. The number of amides is 1. The summed E-state index contributed by atoms with van der Waals surface area (Å²) in [5.41, 5.74) is 6.46. The summed E-state index contributed by atoms with van der Waals surface area (Å²) >= 11 is 0. The van der Waals surface area contributed by atoms with Gasteiger partial charge in [0.15, 0.2) is 0 Å². The van der Waals surface area contributed by atoms with Gasteiger partial charge in [-0.15, -0.1) is 0 Å². The standard InChI is InChI=1S/C19H22N2O2/c1-4-23-18-11-9-17(10-12-18)15(3)20-21-19(22)13-16-7-5-14(2)6-8-16/h5-12H,4,13H2,1-3H3,(H,21,22)/b20-15+. The van der Waals surface area contributed by atoms with E-state index >= 15 is 0 Å². The molecule has 0 saturated carbocycles. The topological polar surface area (TPSA) is 50.7 Å². The number of nitrogens with zero attached hydrogens (tertiary/aromatic N) is 1. The minimum Gasteiger partial charge on any atom is -0.494 e. The van der Waals surface area contributed by atoms with Gasteiger partial charge in [0.25, 0.3) is 0 Å². The Bertz CT molecular complexity index is 674. The summed E-state index contributed by atoms with van der Waals surface area (Å²) < 4.78 is 5.40. The van der Waals surface area contributed by atoms with E-state index in [0.717, 1.165) is 22.6 Å². The molecule has 4 heteroatoms. The lowest BCUT2D eigenvalue weighted by Gasteiger charge is -2.06. The van der Waals surface area contributed by atoms with Crippen LogP contribution < -0.4 is 10.2 Å². The highest BCUT2D eigenvalue weighted by atomic mass is 16.5. The molecular formula is C19H22N2O2. The molecule has 0 saturated heterocycles. The van der Waals surface area contributed by atoms with Gasteiger partial charge in [-0.2, -0.15) is 5.10 Å². The third kappa shape index (κ3) is 5.25. The number of hydrogen-bond donors (Lipinski definition) is 1. The molecule has 120 valence electrons. The van der Waals surface area contributed by atoms with E-state index in [0.29, 0.717) is 13.0 Å². The van der Waals surface area contributed by atoms with E-state index in [-0.39, 0.29) is 5.91 Å². The molecule has 0 radical (unpaired) electrons. The Morgan fingerprint density at radius 2 is 1.74 bits per heavy atom. The Morgan fingerprint density at radius 1 is 1.09 bits per heavy atom. The lowest BCUT2D eigenvalue weighted by atomic mass is 10.1. The van der Waals surface area contributed by atoms with Gasteiger partial charge in [-0.1, -0.05) is 29.8 Å². The molecule has 2 aromatic carbocycles. The van der Waals surface area contributed by atoms with Crippen molar-refractivity contribution in [1.29, 1.82) is 0 Å². The molecule has 0 unspecified atom stereocenters. The van der Waals surface area contributed by atoms with Gasteiger partial charge in [0.1, 0.15) is 5.75 Å². The summed E-state index contributed by atoms with van der Waals surface area (Å²) in [5, 5.41) is 4.16. The Labute approximate surface area is 137 Å². The van der Waals surface area contributed by atoms with Gasteiger partial charge >= 0.3 is 0 Å². The van der Waals surface area contributed by atoms with Gasteiger partial charge in [0.2, 0.25) is 5.91 Å². The van der Waals surface area contributed by atoms with Crippen LogP contribution in [-0.4, -0.2) is 18.2 Å². The highest BCUT2D eigenvalue weighted by Crippen LogP contribution is 2.12. The number of aryl methyl sites for hydroxylation is 1. The average Bonchev–Trinajstić information content (AvgIpc) is 2.56. The maximum absolute atomic E-state index is 11.9. The lowest BCUT2D eigenvalue weighted by molar-refractivity contribution is -0.120. The summed E-state index contributed by atoms with van der Waals surface area (Å²) in [6.07, 6.45) is 0.320. The molecule has 2 aromatic rings. The molecule has 23 heavy (non-hydrogen) atoms. The zero-order valence-corrected chi connectivity index (χ0v) is 13.8. The monoisotopic (exact) mass is 310 g/mol. The fraction of sp³-hybridized carbons (Fsp3) is 0.263. The number of ether oxygens (including phenoxy) is 1. The minimum absolute atomic E-state index is 0.126. The second-order valence-corrected chi connectivity index (χ2v) is 5.35. The molecule has 1 N–H and O–H groups in total. The second-order valence-electron chi connectivity index (χ2n) is 5.35. The van der Waals surface area contributed by atoms with Crippen LogP contribution in [0.4, 0.5) is 0 Å². The molecule has 0 aromatic heterocycles. The summed E-state index contributed by atoms with van der Waals surface area (Å²) in [4.78, 5) is 11.9. The van der Waals surface area contributed by atoms with Gasteiger partial charge < -0.3 is 4.74 Å². The first-order chi connectivity index (χ1) is 11.1. The van der Waals surface area contributed by atoms with Crippen LogP contribution in [0.3, 0.4) is 0 Å². The molecule has 0 aliphatic rings. The number of carbonyl (C=O) groups excluding carboxylic acids is 1. The predicted octanol–water partition coefficient (Wildman–Crippen LogP) is 3.48. The van der Waals surface area contributed by atoms with Crippen LogP contribution >= 0.6 is 0 Å². The molecule has 0 spiro atoms. The maximum atomic E-state index is 11.9. The number of benzene rings is 2. The first kappa shape index (κ1) is 16.7. The second kappa shape index (κ2) is 8.13. The Balaban J connectivity index is 1.92. The van der Waals surface area contributed by atoms with E-state index in [2.05, 4.69) is 10.5 Å². The molecule has 2 rings (SSSR count). The first-order valence-corrected chi connectivity index (χ1v) is 7.70. The zero-order chi connectivity index (χ0) is 16.7. The van der Waals surface area contributed by atoms with Gasteiger partial charge in [0, 0.05) is 0 Å². The van der Waals surface area contributed by atoms with Crippen LogP contribution in [0.2, 0.25) is 0 Å². The van der Waals surface area contributed by atoms with E-state index in [4.69, 9.17) is 4.74 Å². The Hall–Kier alpha value is -2.62. The number of hydrogen-bond acceptors (Lipinski definition) is 3. The van der Waals surface area contributed by atoms with Crippen molar-refractivity contribution >= 4 is 11.6 Å². The van der Waals surface area contributed by atoms with E-state index in [1.165, 1.54) is 5.56 Å². The maximum Gasteiger partial charge on any atom is 0.244 e. The Kier molecular flexibility index (Phi) is 5.92. The van der Waals surface area contributed by atoms with E-state index < -0.39 is 0 Å². The lowest BCUT2D eigenvalue weighted by Crippen LogP contribution is -2.21. The highest BCUT2D eigenvalue weighted by Gasteiger charge is 2.03. The van der Waals surface area contributed by atoms with Crippen molar-refractivity contribution in [3.8, 4) is 5.75 Å². The molecule has 0 atom stereocenters. The molecule has 0 aliphatic heterocycles. The van der Waals surface area contributed by atoms with Gasteiger partial charge in [-0.05, 0) is 56.2 Å². The quantitative estimate of drug-likeness (QED) is 0.656. The molecule has 0 aliphatic carbocycles. The summed E-state index contributed by atoms with van der Waals surface area (Å²) in [6.45, 7) is 6.47. The third-order valence-electron chi connectivity index (χ3n) is 3.42. The van der Waals surface area contributed by atoms with Crippen LogP contribution in [0.1, 0.15) is 30.5 Å². The molecular weight excluding hydrogens is 288 g/mol. The van der Waals surface area contributed by atoms with E-state index in [1.807, 2.05) is 69.3 Å². The summed E-state index contributed by atoms with van der Waals surface area (Å²) in [5.74, 6) is 0.701. The third-order valence-corrected chi connectivity index (χ3v) is 3.42. The average molecular weight is 310 g/mol. The molecule has 4 nitrogen and oxygen atoms in total. The van der Waals surface area contributed by atoms with Crippen LogP contribution in [0.5, 0.6) is 5.75 Å². The highest BCUT2D eigenvalue weighted by molar-refractivity contribution is 5.99. The smallest absolute Gasteiger partial charge is 0.244 e. The van der Waals surface area contributed by atoms with Crippen molar-refractivity contribution in [3.05, 3.63) is 65.2 Å². The van der Waals surface area contributed by atoms with Gasteiger partial charge in [-0.3, -0.25) is 4.79 Å². The van der Waals surface area contributed by atoms with Gasteiger partial charge in [-0.25, -0.2) is 5.43 Å². The van der Waals surface area contributed by atoms with Crippen molar-refractivity contribution in [3.63, 3.8) is 0 Å². The largest absolute Gasteiger partial charge is 0.494 e. The number of rotatable bonds is 6. The van der Waals surface area contributed by atoms with Crippen LogP contribution in [0.25, 0.3) is 0 Å². The number of nitrogens with one attached hydrogen (secondary N) is 1. The minimum atomic E-state index is -0.126. The fourth-order valence-corrected chi connectivity index (χ4v) is 2.10. The number of hydrazone groups is 1. The Morgan fingerprint density at radius 3 is 2.35 bits per heavy atom. The zero-order valence-electron chi connectivity index (χ0n) is 13.8. The SMILES string of the molecule is CCOc1ccc(/C(C)=N/NC(=O)Cc2ccc(C)cc2)cc1. The van der Waals surface area contributed by atoms with E-state index in [1.54, 1.807) is 0 Å². The van der Waals surface area contributed by atoms with Crippen molar-refractivity contribution < 1.29 is 9.53 Å². The van der Waals surface area contributed by atoms with Crippen molar-refractivity contribution in [2.75, 3.05) is 6.61 Å². The van der Waals surface area contributed by atoms with Crippen LogP contribution in [0.15, 0.2) is 53.6 Å². The van der Waals surface area contributed by atoms with E-state index in [9.17, 15) is 4.79 Å². The van der Waals surface area contributed by atoms with Crippen molar-refractivity contribution in [2.24, 2.45) is 5.10 Å². The van der Waals surface area contributed by atoms with Crippen molar-refractivity contribution in [2.45, 2.75) is 27.2 Å². The molecule has 0 bridgehead atoms. The van der Waals surface area contributed by atoms with Crippen LogP contribution in [0, 0.1) is 6.92 Å². The normalized spacial score (nSPS) is 11.2. The summed E-state index contributed by atoms with van der Waals surface area (Å²) in [6, 6.07) is 15.5. The predicted molar refractivity (Wildman–Crippen MR) is 92.8 cm³/mol. The van der Waals surface area contributed by atoms with Crippen molar-refractivity contribution in [1.82, 2.24) is 5.43 Å². The van der Waals surface area contributed by atoms with Gasteiger partial charge in [0.05, 0.1) is 18.7 Å². The molecule has 0 heterocycles. The van der Waals surface area contributed by atoms with Crippen LogP contribution in [-0.2, 0) is 11.2 Å². The molecule has 0 fully saturated rings. The molecule has 1 amide bonds. The first-order valence-electron chi connectivity index (χ1n) is 7.70. The fourth-order valence-electron chi connectivity index (χ4n) is 2.10.